The van der Waals surface area contributed by atoms with Crippen molar-refractivity contribution in [1.29, 1.82) is 0 Å². The maximum atomic E-state index is 11.7. The molecule has 16 heavy (non-hydrogen) atoms. The van der Waals surface area contributed by atoms with Crippen molar-refractivity contribution in [1.82, 2.24) is 4.98 Å². The van der Waals surface area contributed by atoms with E-state index in [-0.39, 0.29) is 11.8 Å². The fourth-order valence-corrected chi connectivity index (χ4v) is 1.48. The quantitative estimate of drug-likeness (QED) is 0.449. The second kappa shape index (κ2) is 6.08. The van der Waals surface area contributed by atoms with Gasteiger partial charge in [0.05, 0.1) is 0 Å². The first-order chi connectivity index (χ1) is 7.70. The fraction of sp³-hybridized carbons (Fsp3) is 0.167. The van der Waals surface area contributed by atoms with Crippen molar-refractivity contribution >= 4 is 17.6 Å². The molecule has 4 heteroatoms. The Kier molecular flexibility index (Phi) is 4.73. The van der Waals surface area contributed by atoms with Gasteiger partial charge in [0.25, 0.3) is 0 Å². The summed E-state index contributed by atoms with van der Waals surface area (Å²) in [4.78, 5) is 15.5. The van der Waals surface area contributed by atoms with Gasteiger partial charge in [-0.2, -0.15) is 0 Å². The lowest BCUT2D eigenvalue weighted by Gasteiger charge is -2.08. The first-order valence-corrected chi connectivity index (χ1v) is 5.10. The number of allylic oxidation sites excluding steroid dienone is 1. The summed E-state index contributed by atoms with van der Waals surface area (Å²) >= 11 is 5.87. The molecule has 1 aromatic rings. The third-order valence-corrected chi connectivity index (χ3v) is 2.18. The fourth-order valence-electron chi connectivity index (χ4n) is 1.22. The van der Waals surface area contributed by atoms with Crippen LogP contribution in [0.4, 0.5) is 0 Å². The van der Waals surface area contributed by atoms with Crippen LogP contribution in [0.15, 0.2) is 37.6 Å². The molecule has 0 atom stereocenters. The van der Waals surface area contributed by atoms with Crippen molar-refractivity contribution in [3.8, 4) is 0 Å². The molecule has 0 radical (unpaired) electrons. The number of aromatic nitrogens is 1. The highest BCUT2D eigenvalue weighted by molar-refractivity contribution is 6.32. The number of pyridine rings is 1. The topological polar surface area (TPSA) is 39.2 Å². The van der Waals surface area contributed by atoms with Crippen LogP contribution in [0.25, 0.3) is 0 Å². The predicted molar refractivity (Wildman–Crippen MR) is 63.6 cm³/mol. The monoisotopic (exact) mass is 237 g/mol. The Hall–Kier alpha value is -1.61. The van der Waals surface area contributed by atoms with Crippen LogP contribution in [0.5, 0.6) is 0 Å². The van der Waals surface area contributed by atoms with E-state index in [0.717, 1.165) is 5.56 Å². The van der Waals surface area contributed by atoms with Gasteiger partial charge in [0.1, 0.15) is 17.3 Å². The Morgan fingerprint density at radius 1 is 1.50 bits per heavy atom. The van der Waals surface area contributed by atoms with Gasteiger partial charge in [-0.15, -0.1) is 6.58 Å². The summed E-state index contributed by atoms with van der Waals surface area (Å²) in [5, 5.41) is 0.147. The molecule has 1 aromatic heterocycles. The van der Waals surface area contributed by atoms with Crippen LogP contribution < -0.4 is 0 Å². The van der Waals surface area contributed by atoms with E-state index in [1.54, 1.807) is 18.3 Å². The lowest BCUT2D eigenvalue weighted by Crippen LogP contribution is -2.10. The molecule has 0 amide bonds. The molecule has 0 bridgehead atoms. The zero-order chi connectivity index (χ0) is 12.0. The molecule has 1 heterocycles. The summed E-state index contributed by atoms with van der Waals surface area (Å²) < 4.78 is 4.93. The van der Waals surface area contributed by atoms with Crippen LogP contribution in [0.2, 0.25) is 5.15 Å². The Labute approximate surface area is 99.4 Å². The van der Waals surface area contributed by atoms with Crippen LogP contribution in [-0.4, -0.2) is 17.6 Å². The van der Waals surface area contributed by atoms with Crippen LogP contribution in [-0.2, 0) is 11.2 Å². The summed E-state index contributed by atoms with van der Waals surface area (Å²) in [7, 11) is 0. The number of rotatable bonds is 5. The third-order valence-electron chi connectivity index (χ3n) is 1.89. The number of hydrogen-bond donors (Lipinski definition) is 0. The highest BCUT2D eigenvalue weighted by atomic mass is 35.5. The molecule has 0 aromatic carbocycles. The molecule has 3 nitrogen and oxygen atoms in total. The van der Waals surface area contributed by atoms with Crippen molar-refractivity contribution in [3.05, 3.63) is 53.9 Å². The highest BCUT2D eigenvalue weighted by Crippen LogP contribution is 2.19. The Balaban J connectivity index is 3.03. The van der Waals surface area contributed by atoms with Gasteiger partial charge < -0.3 is 4.74 Å². The van der Waals surface area contributed by atoms with Crippen molar-refractivity contribution in [2.45, 2.75) is 6.42 Å². The number of hydrogen-bond acceptors (Lipinski definition) is 3. The molecule has 0 saturated carbocycles. The standard InChI is InChI=1S/C12H12ClNO2/c1-3-5-9-6-7-14-11(13)10(9)12(15)16-8-4-2/h3-4,6-7H,1-2,5,8H2. The molecular weight excluding hydrogens is 226 g/mol. The van der Waals surface area contributed by atoms with Gasteiger partial charge in [-0.25, -0.2) is 9.78 Å². The first kappa shape index (κ1) is 12.5. The maximum Gasteiger partial charge on any atom is 0.341 e. The normalized spacial score (nSPS) is 9.56. The SMILES string of the molecule is C=CCOC(=O)c1c(CC=C)ccnc1Cl. The van der Waals surface area contributed by atoms with E-state index in [1.165, 1.54) is 6.08 Å². The van der Waals surface area contributed by atoms with E-state index < -0.39 is 5.97 Å². The molecular formula is C12H12ClNO2. The molecule has 0 saturated heterocycles. The van der Waals surface area contributed by atoms with E-state index in [4.69, 9.17) is 16.3 Å². The van der Waals surface area contributed by atoms with Crippen LogP contribution >= 0.6 is 11.6 Å². The van der Waals surface area contributed by atoms with Crippen molar-refractivity contribution in [2.24, 2.45) is 0 Å². The number of nitrogens with zero attached hydrogens (tertiary/aromatic N) is 1. The summed E-state index contributed by atoms with van der Waals surface area (Å²) in [6, 6.07) is 1.72. The third kappa shape index (κ3) is 2.94. The lowest BCUT2D eigenvalue weighted by atomic mass is 10.1. The Morgan fingerprint density at radius 2 is 2.25 bits per heavy atom. The Bertz CT molecular complexity index is 415. The van der Waals surface area contributed by atoms with Gasteiger partial charge in [0, 0.05) is 6.20 Å². The van der Waals surface area contributed by atoms with E-state index in [2.05, 4.69) is 18.1 Å². The van der Waals surface area contributed by atoms with Gasteiger partial charge in [0.15, 0.2) is 0 Å². The van der Waals surface area contributed by atoms with Crippen LogP contribution in [0.1, 0.15) is 15.9 Å². The van der Waals surface area contributed by atoms with Gasteiger partial charge >= 0.3 is 5.97 Å². The van der Waals surface area contributed by atoms with Gasteiger partial charge in [0.2, 0.25) is 0 Å². The minimum Gasteiger partial charge on any atom is -0.458 e. The molecule has 0 aliphatic carbocycles. The zero-order valence-electron chi connectivity index (χ0n) is 8.78. The summed E-state index contributed by atoms with van der Waals surface area (Å²) in [5.41, 5.74) is 1.05. The van der Waals surface area contributed by atoms with Crippen molar-refractivity contribution < 1.29 is 9.53 Å². The second-order valence-corrected chi connectivity index (χ2v) is 3.37. The van der Waals surface area contributed by atoms with E-state index in [0.29, 0.717) is 12.0 Å². The average Bonchev–Trinajstić information content (AvgIpc) is 2.26. The molecule has 84 valence electrons. The van der Waals surface area contributed by atoms with E-state index in [9.17, 15) is 4.79 Å². The molecule has 0 aliphatic heterocycles. The summed E-state index contributed by atoms with van der Waals surface area (Å²) in [5.74, 6) is -0.491. The number of carbonyl (C=O) groups excluding carboxylic acids is 1. The van der Waals surface area contributed by atoms with Crippen LogP contribution in [0.3, 0.4) is 0 Å². The smallest absolute Gasteiger partial charge is 0.341 e. The number of ether oxygens (including phenoxy) is 1. The highest BCUT2D eigenvalue weighted by Gasteiger charge is 2.16. The molecule has 1 rings (SSSR count). The van der Waals surface area contributed by atoms with Gasteiger partial charge in [-0.1, -0.05) is 30.3 Å². The zero-order valence-corrected chi connectivity index (χ0v) is 9.54. The van der Waals surface area contributed by atoms with Gasteiger partial charge in [-0.05, 0) is 18.1 Å². The maximum absolute atomic E-state index is 11.7. The number of esters is 1. The predicted octanol–water partition coefficient (Wildman–Crippen LogP) is 2.81. The number of carbonyl (C=O) groups is 1. The lowest BCUT2D eigenvalue weighted by molar-refractivity contribution is 0.0548. The van der Waals surface area contributed by atoms with Crippen molar-refractivity contribution in [2.75, 3.05) is 6.61 Å². The largest absolute Gasteiger partial charge is 0.458 e. The minimum atomic E-state index is -0.491. The van der Waals surface area contributed by atoms with E-state index >= 15 is 0 Å². The molecule has 0 unspecified atom stereocenters. The van der Waals surface area contributed by atoms with E-state index in [1.807, 2.05) is 0 Å². The minimum absolute atomic E-state index is 0.147. The summed E-state index contributed by atoms with van der Waals surface area (Å²) in [6.45, 7) is 7.23. The summed E-state index contributed by atoms with van der Waals surface area (Å²) in [6.07, 6.45) is 5.28. The first-order valence-electron chi connectivity index (χ1n) is 4.73. The molecule has 0 fully saturated rings. The molecule has 0 spiro atoms. The molecule has 0 N–H and O–H groups in total. The van der Waals surface area contributed by atoms with Crippen molar-refractivity contribution in [3.63, 3.8) is 0 Å². The van der Waals surface area contributed by atoms with Crippen LogP contribution in [0, 0.1) is 0 Å². The average molecular weight is 238 g/mol. The molecule has 0 aliphatic rings. The second-order valence-electron chi connectivity index (χ2n) is 3.02. The number of halogens is 1. The Morgan fingerprint density at radius 3 is 2.88 bits per heavy atom. The van der Waals surface area contributed by atoms with Gasteiger partial charge in [-0.3, -0.25) is 0 Å².